The fourth-order valence-corrected chi connectivity index (χ4v) is 2.65. The van der Waals surface area contributed by atoms with E-state index in [9.17, 15) is 4.79 Å². The maximum absolute atomic E-state index is 12.3. The van der Waals surface area contributed by atoms with Crippen molar-refractivity contribution in [2.75, 3.05) is 20.1 Å². The normalized spacial score (nSPS) is 19.6. The monoisotopic (exact) mass is 265 g/mol. The van der Waals surface area contributed by atoms with Crippen LogP contribution in [0, 0.1) is 0 Å². The molecule has 1 aliphatic heterocycles. The predicted octanol–water partition coefficient (Wildman–Crippen LogP) is 0.659. The van der Waals surface area contributed by atoms with Crippen molar-refractivity contribution in [2.24, 2.45) is 0 Å². The van der Waals surface area contributed by atoms with Gasteiger partial charge in [-0.05, 0) is 39.3 Å². The van der Waals surface area contributed by atoms with Crippen LogP contribution in [0.2, 0.25) is 0 Å². The lowest BCUT2D eigenvalue weighted by molar-refractivity contribution is -0.135. The quantitative estimate of drug-likeness (QED) is 0.820. The van der Waals surface area contributed by atoms with Crippen LogP contribution in [0.15, 0.2) is 12.4 Å². The first-order valence-corrected chi connectivity index (χ1v) is 7.09. The molecule has 1 fully saturated rings. The molecule has 6 heteroatoms. The Hall–Kier alpha value is -1.43. The summed E-state index contributed by atoms with van der Waals surface area (Å²) in [6, 6.07) is 0.407. The Morgan fingerprint density at radius 3 is 3.11 bits per heavy atom. The number of aryl methyl sites for hydroxylation is 1. The van der Waals surface area contributed by atoms with Gasteiger partial charge in [-0.25, -0.2) is 0 Å². The lowest BCUT2D eigenvalue weighted by atomic mass is 9.99. The van der Waals surface area contributed by atoms with Gasteiger partial charge in [0, 0.05) is 25.2 Å². The van der Waals surface area contributed by atoms with Gasteiger partial charge in [0.15, 0.2) is 0 Å². The highest BCUT2D eigenvalue weighted by atomic mass is 16.2. The average molecular weight is 265 g/mol. The largest absolute Gasteiger partial charge is 0.340 e. The molecule has 0 bridgehead atoms. The van der Waals surface area contributed by atoms with E-state index in [1.165, 1.54) is 6.42 Å². The minimum atomic E-state index is 0.247. The van der Waals surface area contributed by atoms with Crippen molar-refractivity contribution in [3.8, 4) is 0 Å². The van der Waals surface area contributed by atoms with Crippen LogP contribution in [0.5, 0.6) is 0 Å². The molecule has 6 nitrogen and oxygen atoms in total. The summed E-state index contributed by atoms with van der Waals surface area (Å²) in [7, 11) is 1.96. The molecule has 1 atom stereocenters. The molecule has 0 aliphatic carbocycles. The van der Waals surface area contributed by atoms with Crippen LogP contribution < -0.4 is 5.32 Å². The van der Waals surface area contributed by atoms with Gasteiger partial charge >= 0.3 is 0 Å². The van der Waals surface area contributed by atoms with Crippen molar-refractivity contribution < 1.29 is 4.79 Å². The molecular weight excluding hydrogens is 242 g/mol. The van der Waals surface area contributed by atoms with Gasteiger partial charge in [-0.15, -0.1) is 5.10 Å². The molecule has 0 saturated carbocycles. The first kappa shape index (κ1) is 14.0. The zero-order chi connectivity index (χ0) is 13.5. The van der Waals surface area contributed by atoms with Crippen LogP contribution in [-0.4, -0.2) is 52.0 Å². The number of carbonyl (C=O) groups excluding carboxylic acids is 1. The van der Waals surface area contributed by atoms with Gasteiger partial charge in [0.25, 0.3) is 0 Å². The van der Waals surface area contributed by atoms with Crippen LogP contribution >= 0.6 is 0 Å². The topological polar surface area (TPSA) is 63.1 Å². The van der Waals surface area contributed by atoms with Crippen molar-refractivity contribution in [1.82, 2.24) is 25.2 Å². The lowest BCUT2D eigenvalue weighted by Crippen LogP contribution is -2.45. The highest BCUT2D eigenvalue weighted by Gasteiger charge is 2.25. The molecule has 0 aromatic carbocycles. The first-order valence-electron chi connectivity index (χ1n) is 7.09. The third kappa shape index (κ3) is 4.02. The average Bonchev–Trinajstić information content (AvgIpc) is 2.96. The highest BCUT2D eigenvalue weighted by molar-refractivity contribution is 5.76. The van der Waals surface area contributed by atoms with E-state index in [2.05, 4.69) is 20.5 Å². The summed E-state index contributed by atoms with van der Waals surface area (Å²) in [5.74, 6) is 0.247. The van der Waals surface area contributed by atoms with Gasteiger partial charge in [0.2, 0.25) is 5.91 Å². The fourth-order valence-electron chi connectivity index (χ4n) is 2.65. The van der Waals surface area contributed by atoms with Crippen molar-refractivity contribution >= 4 is 5.91 Å². The maximum Gasteiger partial charge on any atom is 0.224 e. The third-order valence-corrected chi connectivity index (χ3v) is 3.70. The van der Waals surface area contributed by atoms with Crippen LogP contribution in [0.25, 0.3) is 0 Å². The summed E-state index contributed by atoms with van der Waals surface area (Å²) in [5, 5.41) is 10.8. The van der Waals surface area contributed by atoms with Crippen molar-refractivity contribution in [3.05, 3.63) is 12.4 Å². The number of aromatic nitrogens is 3. The van der Waals surface area contributed by atoms with Crippen LogP contribution in [0.1, 0.15) is 32.1 Å². The Morgan fingerprint density at radius 2 is 2.37 bits per heavy atom. The van der Waals surface area contributed by atoms with Crippen LogP contribution in [0.4, 0.5) is 0 Å². The minimum Gasteiger partial charge on any atom is -0.340 e. The molecule has 1 unspecified atom stereocenters. The zero-order valence-electron chi connectivity index (χ0n) is 11.6. The summed E-state index contributed by atoms with van der Waals surface area (Å²) in [6.45, 7) is 2.50. The van der Waals surface area contributed by atoms with Crippen molar-refractivity contribution in [3.63, 3.8) is 0 Å². The second-order valence-electron chi connectivity index (χ2n) is 5.05. The van der Waals surface area contributed by atoms with E-state index >= 15 is 0 Å². The van der Waals surface area contributed by atoms with Gasteiger partial charge in [0.05, 0.1) is 12.7 Å². The predicted molar refractivity (Wildman–Crippen MR) is 72.5 cm³/mol. The number of hydrogen-bond donors (Lipinski definition) is 1. The van der Waals surface area contributed by atoms with E-state index < -0.39 is 0 Å². The first-order chi connectivity index (χ1) is 9.31. The number of hydrogen-bond acceptors (Lipinski definition) is 4. The molecule has 1 aromatic rings. The molecule has 2 heterocycles. The summed E-state index contributed by atoms with van der Waals surface area (Å²) in [4.78, 5) is 14.4. The lowest BCUT2D eigenvalue weighted by Gasteiger charge is -2.36. The number of likely N-dealkylation sites (tertiary alicyclic amines) is 1. The fraction of sp³-hybridized carbons (Fsp3) is 0.769. The van der Waals surface area contributed by atoms with Crippen LogP contribution in [0.3, 0.4) is 0 Å². The van der Waals surface area contributed by atoms with E-state index in [-0.39, 0.29) is 5.91 Å². The zero-order valence-corrected chi connectivity index (χ0v) is 11.6. The Balaban J connectivity index is 1.84. The third-order valence-electron chi connectivity index (χ3n) is 3.70. The summed E-state index contributed by atoms with van der Waals surface area (Å²) in [6.07, 6.45) is 8.50. The number of nitrogens with zero attached hydrogens (tertiary/aromatic N) is 4. The number of amides is 1. The number of carbonyl (C=O) groups is 1. The molecule has 1 saturated heterocycles. The maximum atomic E-state index is 12.3. The molecule has 0 spiro atoms. The molecule has 106 valence electrons. The Kier molecular flexibility index (Phi) is 5.32. The minimum absolute atomic E-state index is 0.247. The number of piperidine rings is 1. The summed E-state index contributed by atoms with van der Waals surface area (Å²) >= 11 is 0. The summed E-state index contributed by atoms with van der Waals surface area (Å²) < 4.78 is 1.71. The smallest absolute Gasteiger partial charge is 0.224 e. The van der Waals surface area contributed by atoms with E-state index in [4.69, 9.17) is 0 Å². The van der Waals surface area contributed by atoms with Crippen molar-refractivity contribution in [2.45, 2.75) is 44.7 Å². The second-order valence-corrected chi connectivity index (χ2v) is 5.05. The van der Waals surface area contributed by atoms with Gasteiger partial charge < -0.3 is 10.2 Å². The number of nitrogens with one attached hydrogen (secondary N) is 1. The summed E-state index contributed by atoms with van der Waals surface area (Å²) in [5.41, 5.74) is 0. The Bertz CT molecular complexity index is 378. The van der Waals surface area contributed by atoms with Gasteiger partial charge in [0.1, 0.15) is 0 Å². The SMILES string of the molecule is CNCCC1CCCCN1C(=O)CCn1ccnn1. The van der Waals surface area contributed by atoms with Gasteiger partial charge in [-0.2, -0.15) is 0 Å². The van der Waals surface area contributed by atoms with Gasteiger partial charge in [-0.3, -0.25) is 9.48 Å². The highest BCUT2D eigenvalue weighted by Crippen LogP contribution is 2.20. The standard InChI is InChI=1S/C13H23N5O/c1-14-7-5-12-4-2-3-9-18(12)13(19)6-10-17-11-8-15-16-17/h8,11-12,14H,2-7,9-10H2,1H3. The Labute approximate surface area is 114 Å². The van der Waals surface area contributed by atoms with E-state index in [1.54, 1.807) is 17.1 Å². The molecule has 1 aliphatic rings. The Morgan fingerprint density at radius 1 is 1.47 bits per heavy atom. The van der Waals surface area contributed by atoms with Gasteiger partial charge in [-0.1, -0.05) is 5.21 Å². The molecule has 0 radical (unpaired) electrons. The second kappa shape index (κ2) is 7.23. The van der Waals surface area contributed by atoms with E-state index in [0.717, 1.165) is 32.4 Å². The molecule has 1 aromatic heterocycles. The molecule has 1 N–H and O–H groups in total. The van der Waals surface area contributed by atoms with E-state index in [1.807, 2.05) is 7.05 Å². The molecule has 1 amide bonds. The number of rotatable bonds is 6. The molecule has 2 rings (SSSR count). The van der Waals surface area contributed by atoms with Crippen LogP contribution in [-0.2, 0) is 11.3 Å². The molecular formula is C13H23N5O. The van der Waals surface area contributed by atoms with E-state index in [0.29, 0.717) is 19.0 Å². The molecule has 19 heavy (non-hydrogen) atoms. The van der Waals surface area contributed by atoms with Crippen molar-refractivity contribution in [1.29, 1.82) is 0 Å².